The van der Waals surface area contributed by atoms with Crippen LogP contribution < -0.4 is 20.9 Å². The van der Waals surface area contributed by atoms with Crippen molar-refractivity contribution in [3.05, 3.63) is 70.8 Å². The lowest BCUT2D eigenvalue weighted by Crippen LogP contribution is -2.24. The fraction of sp³-hybridized carbons (Fsp3) is 0.308. The number of anilines is 2. The van der Waals surface area contributed by atoms with Crippen LogP contribution in [0.15, 0.2) is 48.5 Å². The van der Waals surface area contributed by atoms with Crippen LogP contribution in [0, 0.1) is 0 Å². The Kier molecular flexibility index (Phi) is 7.08. The summed E-state index contributed by atoms with van der Waals surface area (Å²) in [5, 5.41) is 19.9. The van der Waals surface area contributed by atoms with Gasteiger partial charge in [-0.05, 0) is 46.5 Å². The summed E-state index contributed by atoms with van der Waals surface area (Å²) in [5.74, 6) is -3.40. The SMILES string of the molecule is CC(C)(c1cccc(C(C)(C)c2cc(N)c(O)c(OC(F)(F)F)c2)c1)c1cc(N)c(O)c(OC(F)(F)F)c1. The largest absolute Gasteiger partial charge is 0.573 e. The van der Waals surface area contributed by atoms with Crippen LogP contribution in [0.1, 0.15) is 49.9 Å². The zero-order valence-corrected chi connectivity index (χ0v) is 20.8. The van der Waals surface area contributed by atoms with Crippen LogP contribution in [0.3, 0.4) is 0 Å². The number of benzene rings is 3. The van der Waals surface area contributed by atoms with Crippen LogP contribution in [0.25, 0.3) is 0 Å². The molecule has 0 saturated carbocycles. The van der Waals surface area contributed by atoms with Gasteiger partial charge in [0.1, 0.15) is 0 Å². The smallest absolute Gasteiger partial charge is 0.503 e. The Hall–Kier alpha value is -3.96. The topological polar surface area (TPSA) is 111 Å². The van der Waals surface area contributed by atoms with E-state index < -0.39 is 46.6 Å². The van der Waals surface area contributed by atoms with E-state index in [-0.39, 0.29) is 11.4 Å². The minimum absolute atomic E-state index is 0.303. The van der Waals surface area contributed by atoms with Crippen molar-refractivity contribution in [2.24, 2.45) is 0 Å². The van der Waals surface area contributed by atoms with Crippen LogP contribution in [-0.4, -0.2) is 22.9 Å². The molecule has 0 fully saturated rings. The molecule has 6 N–H and O–H groups in total. The van der Waals surface area contributed by atoms with E-state index in [1.165, 1.54) is 12.1 Å². The number of hydrogen-bond donors (Lipinski definition) is 4. The van der Waals surface area contributed by atoms with E-state index in [4.69, 9.17) is 11.5 Å². The maximum Gasteiger partial charge on any atom is 0.573 e. The Morgan fingerprint density at radius 2 is 0.921 bits per heavy atom. The quantitative estimate of drug-likeness (QED) is 0.156. The van der Waals surface area contributed by atoms with Gasteiger partial charge in [-0.15, -0.1) is 26.3 Å². The van der Waals surface area contributed by atoms with E-state index in [0.29, 0.717) is 22.3 Å². The molecule has 6 nitrogen and oxygen atoms in total. The first-order valence-electron chi connectivity index (χ1n) is 11.1. The minimum atomic E-state index is -5.06. The number of alkyl halides is 6. The van der Waals surface area contributed by atoms with Gasteiger partial charge in [0.15, 0.2) is 23.0 Å². The highest BCUT2D eigenvalue weighted by Gasteiger charge is 2.36. The van der Waals surface area contributed by atoms with Gasteiger partial charge in [-0.3, -0.25) is 0 Å². The molecule has 3 aromatic rings. The van der Waals surface area contributed by atoms with E-state index in [0.717, 1.165) is 12.1 Å². The first-order chi connectivity index (χ1) is 17.2. The molecule has 0 amide bonds. The third-order valence-corrected chi connectivity index (χ3v) is 6.41. The normalized spacial score (nSPS) is 12.9. The van der Waals surface area contributed by atoms with Gasteiger partial charge >= 0.3 is 12.7 Å². The molecule has 3 aromatic carbocycles. The average Bonchev–Trinajstić information content (AvgIpc) is 2.77. The molecule has 0 saturated heterocycles. The van der Waals surface area contributed by atoms with Crippen molar-refractivity contribution in [1.29, 1.82) is 0 Å². The molecular formula is C26H26F6N2O4. The molecule has 0 heterocycles. The van der Waals surface area contributed by atoms with Gasteiger partial charge in [0.05, 0.1) is 11.4 Å². The lowest BCUT2D eigenvalue weighted by Gasteiger charge is -2.31. The first-order valence-corrected chi connectivity index (χ1v) is 11.1. The lowest BCUT2D eigenvalue weighted by atomic mass is 9.73. The van der Waals surface area contributed by atoms with Gasteiger partial charge in [-0.1, -0.05) is 52.0 Å². The number of phenols is 2. The average molecular weight is 544 g/mol. The summed E-state index contributed by atoms with van der Waals surface area (Å²) < 4.78 is 85.0. The zero-order chi connectivity index (χ0) is 28.8. The fourth-order valence-corrected chi connectivity index (χ4v) is 4.02. The monoisotopic (exact) mass is 544 g/mol. The van der Waals surface area contributed by atoms with Crippen molar-refractivity contribution < 1.29 is 46.0 Å². The Morgan fingerprint density at radius 1 is 0.579 bits per heavy atom. The maximum absolute atomic E-state index is 12.9. The molecule has 0 bridgehead atoms. The van der Waals surface area contributed by atoms with E-state index in [9.17, 15) is 36.6 Å². The molecule has 0 aliphatic rings. The van der Waals surface area contributed by atoms with Crippen LogP contribution in [0.2, 0.25) is 0 Å². The molecule has 0 spiro atoms. The second-order valence-electron chi connectivity index (χ2n) is 9.75. The van der Waals surface area contributed by atoms with Crippen LogP contribution in [-0.2, 0) is 10.8 Å². The Bertz CT molecular complexity index is 1250. The summed E-state index contributed by atoms with van der Waals surface area (Å²) in [6, 6.07) is 11.6. The molecule has 0 radical (unpaired) electrons. The van der Waals surface area contributed by atoms with Crippen molar-refractivity contribution in [3.8, 4) is 23.0 Å². The van der Waals surface area contributed by atoms with Crippen molar-refractivity contribution in [1.82, 2.24) is 0 Å². The van der Waals surface area contributed by atoms with Gasteiger partial charge in [-0.2, -0.15) is 0 Å². The second kappa shape index (κ2) is 9.41. The standard InChI is InChI=1S/C26H26F6N2O4/c1-23(2,15-9-17(33)21(35)19(11-15)37-25(27,28)29)13-6-5-7-14(8-13)24(3,4)16-10-18(34)22(36)20(12-16)38-26(30,31)32/h5-12,35-36H,33-34H2,1-4H3. The fourth-order valence-electron chi connectivity index (χ4n) is 4.02. The number of nitrogen functional groups attached to an aromatic ring is 2. The van der Waals surface area contributed by atoms with Crippen molar-refractivity contribution >= 4 is 11.4 Å². The Balaban J connectivity index is 2.09. The zero-order valence-electron chi connectivity index (χ0n) is 20.8. The van der Waals surface area contributed by atoms with Crippen molar-refractivity contribution in [3.63, 3.8) is 0 Å². The van der Waals surface area contributed by atoms with Crippen molar-refractivity contribution in [2.45, 2.75) is 51.2 Å². The predicted molar refractivity (Wildman–Crippen MR) is 129 cm³/mol. The van der Waals surface area contributed by atoms with Gasteiger partial charge in [0, 0.05) is 10.8 Å². The summed E-state index contributed by atoms with van der Waals surface area (Å²) >= 11 is 0. The van der Waals surface area contributed by atoms with Gasteiger partial charge in [0.25, 0.3) is 0 Å². The maximum atomic E-state index is 12.9. The molecule has 0 atom stereocenters. The molecule has 3 rings (SSSR count). The van der Waals surface area contributed by atoms with Crippen molar-refractivity contribution in [2.75, 3.05) is 11.5 Å². The lowest BCUT2D eigenvalue weighted by molar-refractivity contribution is -0.276. The summed E-state index contributed by atoms with van der Waals surface area (Å²) in [7, 11) is 0. The summed E-state index contributed by atoms with van der Waals surface area (Å²) in [6.45, 7) is 6.87. The molecule has 38 heavy (non-hydrogen) atoms. The van der Waals surface area contributed by atoms with Gasteiger partial charge in [-0.25, -0.2) is 0 Å². The highest BCUT2D eigenvalue weighted by atomic mass is 19.4. The number of aromatic hydroxyl groups is 2. The summed E-state index contributed by atoms with van der Waals surface area (Å²) in [6.07, 6.45) is -10.1. The number of phenolic OH excluding ortho intramolecular Hbond substituents is 2. The number of ether oxygens (including phenoxy) is 2. The molecule has 0 aromatic heterocycles. The Morgan fingerprint density at radius 3 is 1.24 bits per heavy atom. The molecule has 0 aliphatic carbocycles. The third kappa shape index (κ3) is 5.95. The summed E-state index contributed by atoms with van der Waals surface area (Å²) in [4.78, 5) is 0. The van der Waals surface area contributed by atoms with Crippen LogP contribution >= 0.6 is 0 Å². The molecule has 206 valence electrons. The predicted octanol–water partition coefficient (Wildman–Crippen LogP) is 6.71. The van der Waals surface area contributed by atoms with E-state index >= 15 is 0 Å². The second-order valence-corrected chi connectivity index (χ2v) is 9.75. The molecule has 0 unspecified atom stereocenters. The number of halogens is 6. The number of hydrogen-bond acceptors (Lipinski definition) is 6. The minimum Gasteiger partial charge on any atom is -0.503 e. The summed E-state index contributed by atoms with van der Waals surface area (Å²) in [5.41, 5.74) is 10.8. The molecule has 0 aliphatic heterocycles. The number of nitrogens with two attached hydrogens (primary N) is 2. The Labute approximate surface area is 214 Å². The third-order valence-electron chi connectivity index (χ3n) is 6.41. The van der Waals surface area contributed by atoms with Gasteiger partial charge < -0.3 is 31.2 Å². The van der Waals surface area contributed by atoms with Crippen LogP contribution in [0.5, 0.6) is 23.0 Å². The van der Waals surface area contributed by atoms with E-state index in [1.807, 2.05) is 0 Å². The number of rotatable bonds is 6. The molecular weight excluding hydrogens is 518 g/mol. The van der Waals surface area contributed by atoms with E-state index in [1.54, 1.807) is 52.0 Å². The van der Waals surface area contributed by atoms with Crippen LogP contribution in [0.4, 0.5) is 37.7 Å². The highest BCUT2D eigenvalue weighted by molar-refractivity contribution is 5.65. The van der Waals surface area contributed by atoms with Gasteiger partial charge in [0.2, 0.25) is 0 Å². The first kappa shape index (κ1) is 28.6. The highest BCUT2D eigenvalue weighted by Crippen LogP contribution is 2.45. The molecule has 12 heteroatoms. The van der Waals surface area contributed by atoms with E-state index in [2.05, 4.69) is 9.47 Å².